The van der Waals surface area contributed by atoms with E-state index >= 15 is 0 Å². The molecule has 0 atom stereocenters. The topological polar surface area (TPSA) is 25.2 Å². The molecule has 6 rings (SSSR count). The summed E-state index contributed by atoms with van der Waals surface area (Å²) in [6, 6.07) is 8.63. The Balaban J connectivity index is 1.65. The number of para-hydroxylation sites is 1. The third-order valence-corrected chi connectivity index (χ3v) is 6.52. The maximum Gasteiger partial charge on any atom is 0.0772 e. The number of fused-ring (bicyclic) bond motifs is 3. The molecule has 0 saturated heterocycles. The Morgan fingerprint density at radius 2 is 1.62 bits per heavy atom. The molecule has 2 aromatic rings. The molecular formula is C22H26N2. The number of aliphatic imine (C=N–C) groups is 1. The highest BCUT2D eigenvalue weighted by Gasteiger charge is 2.36. The van der Waals surface area contributed by atoms with Gasteiger partial charge < -0.3 is 0 Å². The van der Waals surface area contributed by atoms with Crippen molar-refractivity contribution in [3.63, 3.8) is 0 Å². The number of benzene rings is 1. The van der Waals surface area contributed by atoms with E-state index < -0.39 is 0 Å². The van der Waals surface area contributed by atoms with Gasteiger partial charge >= 0.3 is 0 Å². The average molecular weight is 318 g/mol. The van der Waals surface area contributed by atoms with Crippen LogP contribution in [0.4, 0.5) is 5.69 Å². The Kier molecular flexibility index (Phi) is 3.65. The van der Waals surface area contributed by atoms with Gasteiger partial charge in [-0.15, -0.1) is 0 Å². The first-order valence-corrected chi connectivity index (χ1v) is 9.87. The number of aromatic nitrogens is 1. The summed E-state index contributed by atoms with van der Waals surface area (Å²) < 4.78 is 0. The zero-order valence-electron chi connectivity index (χ0n) is 14.4. The van der Waals surface area contributed by atoms with Crippen LogP contribution >= 0.6 is 0 Å². The van der Waals surface area contributed by atoms with E-state index in [1.54, 1.807) is 0 Å². The molecule has 2 saturated carbocycles. The van der Waals surface area contributed by atoms with Crippen molar-refractivity contribution >= 4 is 22.8 Å². The second-order valence-corrected chi connectivity index (χ2v) is 8.00. The largest absolute Gasteiger partial charge is 0.260 e. The van der Waals surface area contributed by atoms with Crippen LogP contribution in [0.25, 0.3) is 10.9 Å². The zero-order chi connectivity index (χ0) is 15.9. The van der Waals surface area contributed by atoms with Crippen LogP contribution in [0.5, 0.6) is 0 Å². The van der Waals surface area contributed by atoms with Crippen LogP contribution in [0.15, 0.2) is 29.3 Å². The Morgan fingerprint density at radius 1 is 0.875 bits per heavy atom. The van der Waals surface area contributed by atoms with Crippen molar-refractivity contribution < 1.29 is 0 Å². The van der Waals surface area contributed by atoms with Crippen molar-refractivity contribution in [3.05, 3.63) is 35.5 Å². The third kappa shape index (κ3) is 2.39. The molecule has 1 aromatic heterocycles. The van der Waals surface area contributed by atoms with Crippen molar-refractivity contribution in [1.29, 1.82) is 0 Å². The molecule has 2 heteroatoms. The molecule has 0 unspecified atom stereocenters. The lowest BCUT2D eigenvalue weighted by Gasteiger charge is -2.38. The number of pyridine rings is 1. The molecule has 0 amide bonds. The van der Waals surface area contributed by atoms with Crippen LogP contribution in [0.2, 0.25) is 0 Å². The monoisotopic (exact) mass is 318 g/mol. The molecule has 1 aromatic carbocycles. The highest BCUT2D eigenvalue weighted by Crippen LogP contribution is 2.53. The minimum absolute atomic E-state index is 0.679. The molecule has 1 heterocycles. The molecule has 0 radical (unpaired) electrons. The van der Waals surface area contributed by atoms with E-state index in [9.17, 15) is 0 Å². The predicted molar refractivity (Wildman–Crippen MR) is 100 cm³/mol. The average Bonchev–Trinajstić information content (AvgIpc) is 2.67. The van der Waals surface area contributed by atoms with Crippen molar-refractivity contribution in [1.82, 2.24) is 4.98 Å². The lowest BCUT2D eigenvalue weighted by Crippen LogP contribution is -2.23. The first-order valence-electron chi connectivity index (χ1n) is 9.87. The van der Waals surface area contributed by atoms with Crippen molar-refractivity contribution in [3.8, 4) is 0 Å². The molecule has 4 aliphatic carbocycles. The molecule has 124 valence electrons. The van der Waals surface area contributed by atoms with Gasteiger partial charge in [0.1, 0.15) is 0 Å². The SMILES string of the molecule is C(=Nc1c2c(nc3ccccc13)C1CCC2CC1)C1CCCCC1. The summed E-state index contributed by atoms with van der Waals surface area (Å²) in [5, 5.41) is 1.26. The van der Waals surface area contributed by atoms with E-state index in [0.29, 0.717) is 17.8 Å². The second kappa shape index (κ2) is 5.98. The summed E-state index contributed by atoms with van der Waals surface area (Å²) in [7, 11) is 0. The Bertz CT molecular complexity index is 778. The minimum Gasteiger partial charge on any atom is -0.260 e. The van der Waals surface area contributed by atoms with E-state index in [4.69, 9.17) is 9.98 Å². The Hall–Kier alpha value is -1.70. The van der Waals surface area contributed by atoms with Gasteiger partial charge in [0.15, 0.2) is 0 Å². The number of rotatable bonds is 2. The molecule has 2 bridgehead atoms. The van der Waals surface area contributed by atoms with Crippen LogP contribution in [0.1, 0.15) is 80.9 Å². The van der Waals surface area contributed by atoms with E-state index in [-0.39, 0.29) is 0 Å². The number of hydrogen-bond donors (Lipinski definition) is 0. The summed E-state index contributed by atoms with van der Waals surface area (Å²) in [4.78, 5) is 10.2. The smallest absolute Gasteiger partial charge is 0.0772 e. The minimum atomic E-state index is 0.679. The first kappa shape index (κ1) is 14.6. The summed E-state index contributed by atoms with van der Waals surface area (Å²) in [6.45, 7) is 0. The van der Waals surface area contributed by atoms with Gasteiger partial charge in [0.2, 0.25) is 0 Å². The Labute approximate surface area is 144 Å². The molecule has 0 spiro atoms. The molecule has 4 aliphatic rings. The molecule has 0 N–H and O–H groups in total. The number of nitrogens with zero attached hydrogens (tertiary/aromatic N) is 2. The normalized spacial score (nSPS) is 27.0. The van der Waals surface area contributed by atoms with Crippen molar-refractivity contribution in [2.24, 2.45) is 10.9 Å². The molecular weight excluding hydrogens is 292 g/mol. The van der Waals surface area contributed by atoms with Crippen LogP contribution in [-0.4, -0.2) is 11.2 Å². The van der Waals surface area contributed by atoms with Gasteiger partial charge in [-0.1, -0.05) is 37.5 Å². The van der Waals surface area contributed by atoms with E-state index in [1.165, 1.54) is 80.1 Å². The molecule has 0 aliphatic heterocycles. The highest BCUT2D eigenvalue weighted by molar-refractivity contribution is 5.94. The van der Waals surface area contributed by atoms with Crippen molar-refractivity contribution in [2.45, 2.75) is 69.6 Å². The van der Waals surface area contributed by atoms with Gasteiger partial charge in [0, 0.05) is 28.8 Å². The quantitative estimate of drug-likeness (QED) is 0.599. The maximum atomic E-state index is 5.13. The predicted octanol–water partition coefficient (Wildman–Crippen LogP) is 6.27. The summed E-state index contributed by atoms with van der Waals surface area (Å²) in [5.41, 5.74) is 5.28. The van der Waals surface area contributed by atoms with Gasteiger partial charge in [0.05, 0.1) is 11.2 Å². The lowest BCUT2D eigenvalue weighted by molar-refractivity contribution is 0.352. The standard InChI is InChI=1S/C22H26N2/c1-2-6-15(7-3-1)14-23-22-18-8-4-5-9-19(18)24-21-17-12-10-16(11-13-17)20(21)22/h4-5,8-9,14-17H,1-3,6-7,10-13H2. The fraction of sp³-hybridized carbons (Fsp3) is 0.545. The molecule has 24 heavy (non-hydrogen) atoms. The summed E-state index contributed by atoms with van der Waals surface area (Å²) in [6.07, 6.45) is 14.4. The van der Waals surface area contributed by atoms with E-state index in [1.807, 2.05) is 0 Å². The number of hydrogen-bond acceptors (Lipinski definition) is 2. The van der Waals surface area contributed by atoms with Crippen LogP contribution in [0.3, 0.4) is 0 Å². The third-order valence-electron chi connectivity index (χ3n) is 6.52. The van der Waals surface area contributed by atoms with E-state index in [2.05, 4.69) is 30.5 Å². The van der Waals surface area contributed by atoms with Gasteiger partial charge in [-0.25, -0.2) is 0 Å². The van der Waals surface area contributed by atoms with Gasteiger partial charge in [-0.2, -0.15) is 0 Å². The van der Waals surface area contributed by atoms with Crippen molar-refractivity contribution in [2.75, 3.05) is 0 Å². The second-order valence-electron chi connectivity index (χ2n) is 8.00. The lowest BCUT2D eigenvalue weighted by atomic mass is 9.68. The highest BCUT2D eigenvalue weighted by atomic mass is 14.8. The van der Waals surface area contributed by atoms with Crippen LogP contribution in [0, 0.1) is 5.92 Å². The van der Waals surface area contributed by atoms with Gasteiger partial charge in [0.25, 0.3) is 0 Å². The summed E-state index contributed by atoms with van der Waals surface area (Å²) >= 11 is 0. The van der Waals surface area contributed by atoms with Gasteiger partial charge in [-0.3, -0.25) is 9.98 Å². The zero-order valence-corrected chi connectivity index (χ0v) is 14.4. The molecule has 2 nitrogen and oxygen atoms in total. The van der Waals surface area contributed by atoms with Gasteiger partial charge in [-0.05, 0) is 56.4 Å². The Morgan fingerprint density at radius 3 is 2.46 bits per heavy atom. The summed E-state index contributed by atoms with van der Waals surface area (Å²) in [5.74, 6) is 2.06. The fourth-order valence-electron chi connectivity index (χ4n) is 5.20. The molecule has 2 fully saturated rings. The fourth-order valence-corrected chi connectivity index (χ4v) is 5.20. The van der Waals surface area contributed by atoms with Crippen LogP contribution < -0.4 is 0 Å². The first-order chi connectivity index (χ1) is 11.9. The maximum absolute atomic E-state index is 5.13. The van der Waals surface area contributed by atoms with E-state index in [0.717, 1.165) is 5.52 Å². The van der Waals surface area contributed by atoms with Crippen LogP contribution in [-0.2, 0) is 0 Å².